The van der Waals surface area contributed by atoms with Crippen molar-refractivity contribution in [2.24, 2.45) is 5.92 Å². The molecule has 0 amide bonds. The lowest BCUT2D eigenvalue weighted by Gasteiger charge is -2.16. The summed E-state index contributed by atoms with van der Waals surface area (Å²) < 4.78 is 34.8. The Bertz CT molecular complexity index is 1230. The molecule has 34 heavy (non-hydrogen) atoms. The molecule has 0 aromatic heterocycles. The summed E-state index contributed by atoms with van der Waals surface area (Å²) >= 11 is 0. The van der Waals surface area contributed by atoms with E-state index in [1.807, 2.05) is 39.0 Å². The van der Waals surface area contributed by atoms with Crippen molar-refractivity contribution >= 4 is 15.7 Å². The second-order valence-electron chi connectivity index (χ2n) is 8.95. The maximum atomic E-state index is 13.2. The first-order chi connectivity index (χ1) is 16.3. The zero-order valence-electron chi connectivity index (χ0n) is 21.2. The van der Waals surface area contributed by atoms with Gasteiger partial charge in [0.1, 0.15) is 5.75 Å². The van der Waals surface area contributed by atoms with Crippen LogP contribution in [0.5, 0.6) is 5.75 Å². The zero-order chi connectivity index (χ0) is 24.9. The smallest absolute Gasteiger partial charge is 0.262 e. The van der Waals surface area contributed by atoms with Gasteiger partial charge in [-0.05, 0) is 97.5 Å². The molecular formula is C29H37NO3S. The molecule has 3 aromatic rings. The van der Waals surface area contributed by atoms with E-state index in [2.05, 4.69) is 42.8 Å². The van der Waals surface area contributed by atoms with Crippen molar-refractivity contribution in [1.29, 1.82) is 0 Å². The maximum absolute atomic E-state index is 13.2. The Morgan fingerprint density at radius 2 is 1.50 bits per heavy atom. The van der Waals surface area contributed by atoms with Gasteiger partial charge in [0.2, 0.25) is 0 Å². The number of methoxy groups -OCH3 is 1. The van der Waals surface area contributed by atoms with Gasteiger partial charge in [0.05, 0.1) is 17.7 Å². The maximum Gasteiger partial charge on any atom is 0.262 e. The van der Waals surface area contributed by atoms with Gasteiger partial charge >= 0.3 is 0 Å². The second-order valence-corrected chi connectivity index (χ2v) is 10.6. The lowest BCUT2D eigenvalue weighted by molar-refractivity contribution is 0.416. The third-order valence-electron chi connectivity index (χ3n) is 6.45. The van der Waals surface area contributed by atoms with Gasteiger partial charge in [-0.15, -0.1) is 0 Å². The summed E-state index contributed by atoms with van der Waals surface area (Å²) in [6.45, 7) is 10.3. The molecule has 0 aliphatic heterocycles. The van der Waals surface area contributed by atoms with E-state index in [1.54, 1.807) is 19.2 Å². The van der Waals surface area contributed by atoms with Crippen molar-refractivity contribution in [2.75, 3.05) is 11.8 Å². The van der Waals surface area contributed by atoms with E-state index >= 15 is 0 Å². The summed E-state index contributed by atoms with van der Waals surface area (Å²) in [5.41, 5.74) is 7.18. The van der Waals surface area contributed by atoms with Crippen LogP contribution in [0.4, 0.5) is 5.69 Å². The molecule has 1 atom stereocenters. The SMILES string of the molecule is CC.COc1cc2c(cc1NS(=O)(=O)c1ccc(-c3ccc(C)cc3)c(C)c1)CC[C@H](C)CC2. The summed E-state index contributed by atoms with van der Waals surface area (Å²) in [7, 11) is -2.17. The molecule has 0 bridgehead atoms. The molecule has 0 saturated carbocycles. The van der Waals surface area contributed by atoms with Crippen LogP contribution < -0.4 is 9.46 Å². The molecule has 4 rings (SSSR count). The van der Waals surface area contributed by atoms with Crippen LogP contribution in [0.25, 0.3) is 11.1 Å². The molecule has 0 radical (unpaired) electrons. The summed E-state index contributed by atoms with van der Waals surface area (Å²) in [5, 5.41) is 0. The number of fused-ring (bicyclic) bond motifs is 1. The Morgan fingerprint density at radius 3 is 2.09 bits per heavy atom. The van der Waals surface area contributed by atoms with Gasteiger partial charge < -0.3 is 4.74 Å². The lowest BCUT2D eigenvalue weighted by atomic mass is 10.00. The number of hydrogen-bond donors (Lipinski definition) is 1. The number of benzene rings is 3. The predicted octanol–water partition coefficient (Wildman–Crippen LogP) is 7.32. The molecule has 0 heterocycles. The largest absolute Gasteiger partial charge is 0.495 e. The topological polar surface area (TPSA) is 55.4 Å². The van der Waals surface area contributed by atoms with Crippen LogP contribution >= 0.6 is 0 Å². The van der Waals surface area contributed by atoms with E-state index in [9.17, 15) is 8.42 Å². The Hall–Kier alpha value is -2.79. The van der Waals surface area contributed by atoms with Crippen molar-refractivity contribution in [3.8, 4) is 16.9 Å². The monoisotopic (exact) mass is 479 g/mol. The van der Waals surface area contributed by atoms with E-state index in [4.69, 9.17) is 4.74 Å². The van der Waals surface area contributed by atoms with Crippen LogP contribution in [-0.2, 0) is 22.9 Å². The van der Waals surface area contributed by atoms with Gasteiger partial charge in [0.15, 0.2) is 0 Å². The Morgan fingerprint density at radius 1 is 0.882 bits per heavy atom. The summed E-state index contributed by atoms with van der Waals surface area (Å²) in [4.78, 5) is 0.247. The quantitative estimate of drug-likeness (QED) is 0.390. The molecule has 0 saturated heterocycles. The van der Waals surface area contributed by atoms with Gasteiger partial charge in [0.25, 0.3) is 10.0 Å². The fourth-order valence-electron chi connectivity index (χ4n) is 4.39. The minimum atomic E-state index is -3.75. The third kappa shape index (κ3) is 5.82. The molecule has 1 aliphatic rings. The van der Waals surface area contributed by atoms with Crippen LogP contribution in [-0.4, -0.2) is 15.5 Å². The number of sulfonamides is 1. The molecule has 0 fully saturated rings. The van der Waals surface area contributed by atoms with Crippen LogP contribution in [0.1, 0.15) is 55.9 Å². The molecule has 0 spiro atoms. The number of rotatable bonds is 5. The lowest BCUT2D eigenvalue weighted by Crippen LogP contribution is -2.14. The Labute approximate surface area is 205 Å². The first kappa shape index (κ1) is 25.8. The van der Waals surface area contributed by atoms with Gasteiger partial charge in [-0.1, -0.05) is 56.7 Å². The molecule has 4 nitrogen and oxygen atoms in total. The number of anilines is 1. The van der Waals surface area contributed by atoms with Gasteiger partial charge in [-0.25, -0.2) is 8.42 Å². The summed E-state index contributed by atoms with van der Waals surface area (Å²) in [6, 6.07) is 17.5. The second kappa shape index (κ2) is 11.1. The number of nitrogens with one attached hydrogen (secondary N) is 1. The van der Waals surface area contributed by atoms with Gasteiger partial charge in [-0.2, -0.15) is 0 Å². The molecule has 1 aliphatic carbocycles. The highest BCUT2D eigenvalue weighted by molar-refractivity contribution is 7.92. The fraction of sp³-hybridized carbons (Fsp3) is 0.379. The number of hydrogen-bond acceptors (Lipinski definition) is 3. The zero-order valence-corrected chi connectivity index (χ0v) is 22.1. The third-order valence-corrected chi connectivity index (χ3v) is 7.81. The standard InChI is InChI=1S/C27H31NO3S.C2H6/c1-18-5-9-21(10-6-18)25-14-13-24(15-20(25)3)32(29,30)28-26-16-22-11-7-19(2)8-12-23(22)17-27(26)31-4;1-2/h5-6,9-10,13-17,19,28H,7-8,11-12H2,1-4H3;1-2H3/t19-;/m0./s1. The van der Waals surface area contributed by atoms with Gasteiger partial charge in [-0.3, -0.25) is 4.72 Å². The van der Waals surface area contributed by atoms with E-state index < -0.39 is 10.0 Å². The van der Waals surface area contributed by atoms with Crippen molar-refractivity contribution < 1.29 is 13.2 Å². The normalized spacial score (nSPS) is 15.4. The molecule has 182 valence electrons. The fourth-order valence-corrected chi connectivity index (χ4v) is 5.54. The molecule has 1 N–H and O–H groups in total. The van der Waals surface area contributed by atoms with Crippen LogP contribution in [0.15, 0.2) is 59.5 Å². The van der Waals surface area contributed by atoms with Crippen molar-refractivity contribution in [3.63, 3.8) is 0 Å². The van der Waals surface area contributed by atoms with Crippen LogP contribution in [0.2, 0.25) is 0 Å². The van der Waals surface area contributed by atoms with E-state index in [0.29, 0.717) is 17.4 Å². The van der Waals surface area contributed by atoms with E-state index in [-0.39, 0.29) is 4.90 Å². The average Bonchev–Trinajstić information content (AvgIpc) is 3.01. The molecular weight excluding hydrogens is 442 g/mol. The summed E-state index contributed by atoms with van der Waals surface area (Å²) in [5.74, 6) is 1.23. The minimum absolute atomic E-state index is 0.247. The van der Waals surface area contributed by atoms with Gasteiger partial charge in [0, 0.05) is 0 Å². The number of aryl methyl sites for hydroxylation is 4. The highest BCUT2D eigenvalue weighted by Crippen LogP contribution is 2.35. The minimum Gasteiger partial charge on any atom is -0.495 e. The Balaban J connectivity index is 0.00000158. The predicted molar refractivity (Wildman–Crippen MR) is 142 cm³/mol. The number of ether oxygens (including phenoxy) is 1. The Kier molecular flexibility index (Phi) is 8.42. The molecule has 5 heteroatoms. The molecule has 3 aromatic carbocycles. The van der Waals surface area contributed by atoms with Crippen molar-refractivity contribution in [1.82, 2.24) is 0 Å². The van der Waals surface area contributed by atoms with E-state index in [1.165, 1.54) is 16.7 Å². The summed E-state index contributed by atoms with van der Waals surface area (Å²) in [6.07, 6.45) is 4.22. The highest BCUT2D eigenvalue weighted by atomic mass is 32.2. The van der Waals surface area contributed by atoms with Crippen LogP contribution in [0.3, 0.4) is 0 Å². The molecule has 0 unspecified atom stereocenters. The first-order valence-electron chi connectivity index (χ1n) is 12.2. The van der Waals surface area contributed by atoms with Crippen molar-refractivity contribution in [3.05, 3.63) is 76.9 Å². The van der Waals surface area contributed by atoms with Crippen LogP contribution in [0, 0.1) is 19.8 Å². The first-order valence-corrected chi connectivity index (χ1v) is 13.7. The highest BCUT2D eigenvalue weighted by Gasteiger charge is 2.21. The van der Waals surface area contributed by atoms with E-state index in [0.717, 1.165) is 42.4 Å². The average molecular weight is 480 g/mol. The van der Waals surface area contributed by atoms with Crippen molar-refractivity contribution in [2.45, 2.75) is 65.2 Å².